The molecule has 2 rings (SSSR count). The third kappa shape index (κ3) is 2.19. The van der Waals surface area contributed by atoms with Crippen LogP contribution in [-0.4, -0.2) is 18.4 Å². The van der Waals surface area contributed by atoms with E-state index in [0.717, 1.165) is 5.56 Å². The smallest absolute Gasteiger partial charge is 0.288 e. The van der Waals surface area contributed by atoms with Gasteiger partial charge in [-0.3, -0.25) is 4.99 Å². The van der Waals surface area contributed by atoms with Crippen LogP contribution in [-0.2, 0) is 0 Å². The highest BCUT2D eigenvalue weighted by atomic mass is 19.4. The third-order valence-corrected chi connectivity index (χ3v) is 2.51. The molecule has 4 heteroatoms. The molecule has 0 aliphatic carbocycles. The number of benzene rings is 1. The molecule has 15 heavy (non-hydrogen) atoms. The second kappa shape index (κ2) is 3.68. The highest BCUT2D eigenvalue weighted by Gasteiger charge is 2.42. The Labute approximate surface area is 85.6 Å². The van der Waals surface area contributed by atoms with E-state index in [9.17, 15) is 13.2 Å². The Bertz CT molecular complexity index is 367. The van der Waals surface area contributed by atoms with Crippen LogP contribution in [0.25, 0.3) is 0 Å². The van der Waals surface area contributed by atoms with Crippen molar-refractivity contribution >= 4 is 5.71 Å². The van der Waals surface area contributed by atoms with Crippen molar-refractivity contribution in [3.8, 4) is 0 Å². The highest BCUT2D eigenvalue weighted by Crippen LogP contribution is 2.33. The van der Waals surface area contributed by atoms with Crippen LogP contribution in [0.3, 0.4) is 0 Å². The van der Waals surface area contributed by atoms with Crippen LogP contribution < -0.4 is 0 Å². The molecule has 0 bridgehead atoms. The topological polar surface area (TPSA) is 12.4 Å². The van der Waals surface area contributed by atoms with E-state index >= 15 is 0 Å². The molecule has 0 saturated heterocycles. The second-order valence-electron chi connectivity index (χ2n) is 3.60. The average molecular weight is 213 g/mol. The Morgan fingerprint density at radius 2 is 1.80 bits per heavy atom. The Morgan fingerprint density at radius 1 is 1.13 bits per heavy atom. The van der Waals surface area contributed by atoms with E-state index in [-0.39, 0.29) is 13.0 Å². The van der Waals surface area contributed by atoms with Crippen molar-refractivity contribution in [3.63, 3.8) is 0 Å². The molecule has 1 aromatic rings. The van der Waals surface area contributed by atoms with Crippen LogP contribution in [0.5, 0.6) is 0 Å². The van der Waals surface area contributed by atoms with Gasteiger partial charge in [0, 0.05) is 12.1 Å². The standard InChI is InChI=1S/C11H10F3N/c12-11(13,14)9-6-10(15-7-9)8-4-2-1-3-5-8/h1-5,9H,6-7H2. The molecule has 0 N–H and O–H groups in total. The van der Waals surface area contributed by atoms with Crippen LogP contribution in [0.4, 0.5) is 13.2 Å². The molecule has 0 spiro atoms. The number of aliphatic imine (C=N–C) groups is 1. The number of halogens is 3. The summed E-state index contributed by atoms with van der Waals surface area (Å²) in [5.74, 6) is -1.30. The summed E-state index contributed by atoms with van der Waals surface area (Å²) >= 11 is 0. The van der Waals surface area contributed by atoms with Gasteiger partial charge in [-0.15, -0.1) is 0 Å². The van der Waals surface area contributed by atoms with Crippen LogP contribution in [0, 0.1) is 5.92 Å². The maximum atomic E-state index is 12.4. The van der Waals surface area contributed by atoms with Gasteiger partial charge in [0.1, 0.15) is 0 Å². The van der Waals surface area contributed by atoms with Gasteiger partial charge in [0.05, 0.1) is 12.5 Å². The Morgan fingerprint density at radius 3 is 2.33 bits per heavy atom. The zero-order valence-electron chi connectivity index (χ0n) is 7.96. The fourth-order valence-corrected chi connectivity index (χ4v) is 1.64. The summed E-state index contributed by atoms with van der Waals surface area (Å²) in [7, 11) is 0. The predicted molar refractivity (Wildman–Crippen MR) is 52.0 cm³/mol. The molecule has 1 aliphatic rings. The molecule has 80 valence electrons. The van der Waals surface area contributed by atoms with Crippen LogP contribution in [0.1, 0.15) is 12.0 Å². The average Bonchev–Trinajstić information content (AvgIpc) is 2.67. The number of rotatable bonds is 1. The number of alkyl halides is 3. The normalized spacial score (nSPS) is 21.5. The molecule has 0 radical (unpaired) electrons. The molecular formula is C11H10F3N. The minimum absolute atomic E-state index is 0.00745. The van der Waals surface area contributed by atoms with Crippen molar-refractivity contribution in [3.05, 3.63) is 35.9 Å². The monoisotopic (exact) mass is 213 g/mol. The molecule has 1 unspecified atom stereocenters. The Kier molecular flexibility index (Phi) is 2.50. The summed E-state index contributed by atoms with van der Waals surface area (Å²) in [6, 6.07) is 9.02. The molecule has 1 aromatic carbocycles. The van der Waals surface area contributed by atoms with Gasteiger partial charge in [0.25, 0.3) is 0 Å². The molecule has 0 amide bonds. The van der Waals surface area contributed by atoms with E-state index < -0.39 is 12.1 Å². The fraction of sp³-hybridized carbons (Fsp3) is 0.364. The third-order valence-electron chi connectivity index (χ3n) is 2.51. The Balaban J connectivity index is 2.11. The lowest BCUT2D eigenvalue weighted by Crippen LogP contribution is -2.23. The van der Waals surface area contributed by atoms with Crippen molar-refractivity contribution in [1.82, 2.24) is 0 Å². The number of hydrogen-bond donors (Lipinski definition) is 0. The van der Waals surface area contributed by atoms with Crippen LogP contribution in [0.15, 0.2) is 35.3 Å². The summed E-state index contributed by atoms with van der Waals surface area (Å²) in [4.78, 5) is 3.95. The van der Waals surface area contributed by atoms with Gasteiger partial charge in [-0.05, 0) is 5.56 Å². The number of nitrogens with zero attached hydrogens (tertiary/aromatic N) is 1. The zero-order chi connectivity index (χ0) is 10.9. The first-order chi connectivity index (χ1) is 7.07. The van der Waals surface area contributed by atoms with Gasteiger partial charge in [-0.25, -0.2) is 0 Å². The number of hydrogen-bond acceptors (Lipinski definition) is 1. The van der Waals surface area contributed by atoms with Crippen LogP contribution >= 0.6 is 0 Å². The maximum Gasteiger partial charge on any atom is 0.393 e. The van der Waals surface area contributed by atoms with Gasteiger partial charge in [-0.1, -0.05) is 30.3 Å². The molecule has 0 saturated carbocycles. The first-order valence-electron chi connectivity index (χ1n) is 4.73. The van der Waals surface area contributed by atoms with Crippen molar-refractivity contribution in [2.75, 3.05) is 6.54 Å². The molecule has 1 heterocycles. The molecule has 1 atom stereocenters. The summed E-state index contributed by atoms with van der Waals surface area (Å²) < 4.78 is 37.1. The van der Waals surface area contributed by atoms with E-state index in [0.29, 0.717) is 5.71 Å². The van der Waals surface area contributed by atoms with Gasteiger partial charge in [0.2, 0.25) is 0 Å². The summed E-state index contributed by atoms with van der Waals surface area (Å²) in [5.41, 5.74) is 1.36. The van der Waals surface area contributed by atoms with E-state index in [1.54, 1.807) is 24.3 Å². The van der Waals surface area contributed by atoms with E-state index in [1.165, 1.54) is 0 Å². The predicted octanol–water partition coefficient (Wildman–Crippen LogP) is 3.06. The molecular weight excluding hydrogens is 203 g/mol. The fourth-order valence-electron chi connectivity index (χ4n) is 1.64. The summed E-state index contributed by atoms with van der Waals surface area (Å²) in [5, 5.41) is 0. The highest BCUT2D eigenvalue weighted by molar-refractivity contribution is 6.01. The molecule has 1 aliphatic heterocycles. The molecule has 1 nitrogen and oxygen atoms in total. The van der Waals surface area contributed by atoms with E-state index in [2.05, 4.69) is 4.99 Å². The van der Waals surface area contributed by atoms with Gasteiger partial charge >= 0.3 is 6.18 Å². The second-order valence-corrected chi connectivity index (χ2v) is 3.60. The summed E-state index contributed by atoms with van der Waals surface area (Å²) in [6.07, 6.45) is -4.12. The zero-order valence-corrected chi connectivity index (χ0v) is 7.96. The lowest BCUT2D eigenvalue weighted by Gasteiger charge is -2.12. The van der Waals surface area contributed by atoms with Gasteiger partial charge < -0.3 is 0 Å². The van der Waals surface area contributed by atoms with Gasteiger partial charge in [0.15, 0.2) is 0 Å². The van der Waals surface area contributed by atoms with Gasteiger partial charge in [-0.2, -0.15) is 13.2 Å². The van der Waals surface area contributed by atoms with Crippen molar-refractivity contribution in [2.45, 2.75) is 12.6 Å². The van der Waals surface area contributed by atoms with E-state index in [1.807, 2.05) is 6.07 Å². The minimum atomic E-state index is -4.12. The summed E-state index contributed by atoms with van der Waals surface area (Å²) in [6.45, 7) is -0.131. The maximum absolute atomic E-state index is 12.4. The Hall–Kier alpha value is -1.32. The lowest BCUT2D eigenvalue weighted by molar-refractivity contribution is -0.167. The largest absolute Gasteiger partial charge is 0.393 e. The van der Waals surface area contributed by atoms with Crippen molar-refractivity contribution in [2.24, 2.45) is 10.9 Å². The molecule has 0 aromatic heterocycles. The lowest BCUT2D eigenvalue weighted by atomic mass is 10.0. The first kappa shape index (κ1) is 10.2. The van der Waals surface area contributed by atoms with Crippen LogP contribution in [0.2, 0.25) is 0 Å². The molecule has 0 fully saturated rings. The van der Waals surface area contributed by atoms with Crippen molar-refractivity contribution in [1.29, 1.82) is 0 Å². The quantitative estimate of drug-likeness (QED) is 0.679. The minimum Gasteiger partial charge on any atom is -0.288 e. The van der Waals surface area contributed by atoms with E-state index in [4.69, 9.17) is 0 Å². The van der Waals surface area contributed by atoms with Crippen molar-refractivity contribution < 1.29 is 13.2 Å². The first-order valence-corrected chi connectivity index (χ1v) is 4.73. The SMILES string of the molecule is FC(F)(F)C1CN=C(c2ccccc2)C1.